The highest BCUT2D eigenvalue weighted by Gasteiger charge is 2.16. The summed E-state index contributed by atoms with van der Waals surface area (Å²) < 4.78 is 10.2. The zero-order valence-electron chi connectivity index (χ0n) is 10.3. The quantitative estimate of drug-likeness (QED) is 0.892. The van der Waals surface area contributed by atoms with Crippen LogP contribution in [0.25, 0.3) is 0 Å². The molecule has 5 nitrogen and oxygen atoms in total. The van der Waals surface area contributed by atoms with Crippen molar-refractivity contribution in [2.24, 2.45) is 5.73 Å². The second kappa shape index (κ2) is 5.79. The van der Waals surface area contributed by atoms with E-state index >= 15 is 0 Å². The van der Waals surface area contributed by atoms with Gasteiger partial charge in [0.05, 0.1) is 26.5 Å². The molecule has 0 amide bonds. The third-order valence-corrected chi connectivity index (χ3v) is 3.27. The number of thiophene rings is 1. The topological polar surface area (TPSA) is 70.3 Å². The van der Waals surface area contributed by atoms with Crippen LogP contribution in [0.2, 0.25) is 0 Å². The molecule has 0 spiro atoms. The Bertz CT molecular complexity index is 502. The third-order valence-electron chi connectivity index (χ3n) is 2.53. The molecule has 2 rings (SSSR count). The lowest BCUT2D eigenvalue weighted by atomic mass is 10.1. The highest BCUT2D eigenvalue weighted by Crippen LogP contribution is 2.24. The van der Waals surface area contributed by atoms with E-state index in [0.717, 1.165) is 0 Å². The summed E-state index contributed by atoms with van der Waals surface area (Å²) in [5, 5.41) is 4.10. The smallest absolute Gasteiger partial charge is 0.240 e. The molecule has 2 aromatic rings. The van der Waals surface area contributed by atoms with E-state index in [0.29, 0.717) is 23.9 Å². The van der Waals surface area contributed by atoms with Crippen LogP contribution in [0.3, 0.4) is 0 Å². The highest BCUT2D eigenvalue weighted by atomic mass is 32.1. The Kier molecular flexibility index (Phi) is 4.11. The number of rotatable bonds is 5. The molecule has 0 aliphatic carbocycles. The number of hydrogen-bond donors (Lipinski definition) is 1. The van der Waals surface area contributed by atoms with Gasteiger partial charge in [-0.25, -0.2) is 4.98 Å². The van der Waals surface area contributed by atoms with Crippen molar-refractivity contribution < 1.29 is 9.47 Å². The van der Waals surface area contributed by atoms with Crippen molar-refractivity contribution in [2.45, 2.75) is 12.5 Å². The largest absolute Gasteiger partial charge is 0.480 e. The molecule has 0 aliphatic rings. The summed E-state index contributed by atoms with van der Waals surface area (Å²) in [7, 11) is 3.08. The second-order valence-electron chi connectivity index (χ2n) is 3.75. The van der Waals surface area contributed by atoms with Crippen LogP contribution in [0.5, 0.6) is 11.8 Å². The number of hydrogen-bond acceptors (Lipinski definition) is 6. The van der Waals surface area contributed by atoms with Gasteiger partial charge in [0.1, 0.15) is 5.69 Å². The first-order valence-corrected chi connectivity index (χ1v) is 6.40. The van der Waals surface area contributed by atoms with E-state index in [-0.39, 0.29) is 6.04 Å². The maximum absolute atomic E-state index is 6.14. The molecular formula is C12H15N3O2S. The third kappa shape index (κ3) is 2.77. The average molecular weight is 265 g/mol. The average Bonchev–Trinajstić information content (AvgIpc) is 2.90. The summed E-state index contributed by atoms with van der Waals surface area (Å²) >= 11 is 1.65. The van der Waals surface area contributed by atoms with Gasteiger partial charge in [0.15, 0.2) is 0 Å². The van der Waals surface area contributed by atoms with Gasteiger partial charge in [-0.1, -0.05) is 0 Å². The molecule has 1 unspecified atom stereocenters. The maximum atomic E-state index is 6.14. The van der Waals surface area contributed by atoms with Crippen molar-refractivity contribution in [1.29, 1.82) is 0 Å². The SMILES string of the molecule is COc1cnc(C(N)Cc2ccsc2)c(OC)n1. The summed E-state index contributed by atoms with van der Waals surface area (Å²) in [5.74, 6) is 0.829. The molecule has 0 radical (unpaired) electrons. The van der Waals surface area contributed by atoms with Crippen molar-refractivity contribution in [3.8, 4) is 11.8 Å². The van der Waals surface area contributed by atoms with Gasteiger partial charge in [-0.2, -0.15) is 16.3 Å². The molecule has 0 saturated heterocycles. The van der Waals surface area contributed by atoms with Crippen LogP contribution in [0.15, 0.2) is 23.0 Å². The second-order valence-corrected chi connectivity index (χ2v) is 4.53. The van der Waals surface area contributed by atoms with Gasteiger partial charge in [-0.3, -0.25) is 0 Å². The molecule has 0 bridgehead atoms. The van der Waals surface area contributed by atoms with E-state index in [1.807, 2.05) is 11.4 Å². The minimum Gasteiger partial charge on any atom is -0.480 e. The van der Waals surface area contributed by atoms with Gasteiger partial charge in [-0.05, 0) is 28.8 Å². The van der Waals surface area contributed by atoms with Gasteiger partial charge >= 0.3 is 0 Å². The summed E-state index contributed by atoms with van der Waals surface area (Å²) in [6.45, 7) is 0. The fourth-order valence-corrected chi connectivity index (χ4v) is 2.31. The van der Waals surface area contributed by atoms with Gasteiger partial charge in [0.2, 0.25) is 11.8 Å². The van der Waals surface area contributed by atoms with Crippen LogP contribution in [0.1, 0.15) is 17.3 Å². The standard InChI is InChI=1S/C12H15N3O2S/c1-16-10-6-14-11(12(15-10)17-2)9(13)5-8-3-4-18-7-8/h3-4,6-7,9H,5,13H2,1-2H3. The lowest BCUT2D eigenvalue weighted by molar-refractivity contribution is 0.353. The van der Waals surface area contributed by atoms with E-state index in [1.54, 1.807) is 24.6 Å². The molecule has 2 aromatic heterocycles. The minimum atomic E-state index is -0.243. The summed E-state index contributed by atoms with van der Waals surface area (Å²) in [4.78, 5) is 8.44. The number of nitrogens with zero attached hydrogens (tertiary/aromatic N) is 2. The lowest BCUT2D eigenvalue weighted by Gasteiger charge is -2.13. The Morgan fingerprint density at radius 1 is 1.39 bits per heavy atom. The van der Waals surface area contributed by atoms with Gasteiger partial charge in [0, 0.05) is 0 Å². The molecule has 1 atom stereocenters. The zero-order valence-corrected chi connectivity index (χ0v) is 11.1. The molecule has 18 heavy (non-hydrogen) atoms. The van der Waals surface area contributed by atoms with E-state index in [4.69, 9.17) is 15.2 Å². The molecule has 96 valence electrons. The van der Waals surface area contributed by atoms with Crippen molar-refractivity contribution >= 4 is 11.3 Å². The first-order valence-electron chi connectivity index (χ1n) is 5.46. The van der Waals surface area contributed by atoms with Crippen molar-refractivity contribution in [3.05, 3.63) is 34.3 Å². The van der Waals surface area contributed by atoms with Crippen LogP contribution in [0.4, 0.5) is 0 Å². The molecule has 0 aromatic carbocycles. The van der Waals surface area contributed by atoms with Crippen LogP contribution in [-0.4, -0.2) is 24.2 Å². The van der Waals surface area contributed by atoms with Gasteiger partial charge in [0.25, 0.3) is 0 Å². The van der Waals surface area contributed by atoms with E-state index in [2.05, 4.69) is 15.3 Å². The number of aromatic nitrogens is 2. The van der Waals surface area contributed by atoms with Crippen molar-refractivity contribution in [1.82, 2.24) is 9.97 Å². The molecule has 0 fully saturated rings. The highest BCUT2D eigenvalue weighted by molar-refractivity contribution is 7.07. The number of ether oxygens (including phenoxy) is 2. The predicted molar refractivity (Wildman–Crippen MR) is 70.1 cm³/mol. The van der Waals surface area contributed by atoms with Gasteiger partial charge < -0.3 is 15.2 Å². The maximum Gasteiger partial charge on any atom is 0.240 e. The molecular weight excluding hydrogens is 250 g/mol. The summed E-state index contributed by atoms with van der Waals surface area (Å²) in [6.07, 6.45) is 2.26. The Labute approximate surface area is 110 Å². The Hall–Kier alpha value is -1.66. The van der Waals surface area contributed by atoms with E-state index < -0.39 is 0 Å². The zero-order chi connectivity index (χ0) is 13.0. The predicted octanol–water partition coefficient (Wildman–Crippen LogP) is 1.80. The molecule has 2 N–H and O–H groups in total. The fraction of sp³-hybridized carbons (Fsp3) is 0.333. The fourth-order valence-electron chi connectivity index (χ4n) is 1.63. The first kappa shape index (κ1) is 12.8. The van der Waals surface area contributed by atoms with Crippen LogP contribution in [0, 0.1) is 0 Å². The molecule has 0 aliphatic heterocycles. The molecule has 6 heteroatoms. The van der Waals surface area contributed by atoms with Crippen LogP contribution >= 0.6 is 11.3 Å². The number of methoxy groups -OCH3 is 2. The van der Waals surface area contributed by atoms with E-state index in [1.165, 1.54) is 12.7 Å². The number of nitrogens with two attached hydrogens (primary N) is 1. The van der Waals surface area contributed by atoms with Gasteiger partial charge in [-0.15, -0.1) is 0 Å². The Morgan fingerprint density at radius 2 is 2.22 bits per heavy atom. The molecule has 0 saturated carbocycles. The summed E-state index contributed by atoms with van der Waals surface area (Å²) in [6, 6.07) is 1.81. The normalized spacial score (nSPS) is 12.2. The van der Waals surface area contributed by atoms with Crippen LogP contribution in [-0.2, 0) is 6.42 Å². The lowest BCUT2D eigenvalue weighted by Crippen LogP contribution is -2.16. The molecule has 2 heterocycles. The first-order chi connectivity index (χ1) is 8.74. The Balaban J connectivity index is 2.21. The monoisotopic (exact) mass is 265 g/mol. The van der Waals surface area contributed by atoms with Crippen molar-refractivity contribution in [3.63, 3.8) is 0 Å². The van der Waals surface area contributed by atoms with Crippen LogP contribution < -0.4 is 15.2 Å². The minimum absolute atomic E-state index is 0.243. The van der Waals surface area contributed by atoms with E-state index in [9.17, 15) is 0 Å². The van der Waals surface area contributed by atoms with Crippen molar-refractivity contribution in [2.75, 3.05) is 14.2 Å². The summed E-state index contributed by atoms with van der Waals surface area (Å²) in [5.41, 5.74) is 7.97. The Morgan fingerprint density at radius 3 is 2.83 bits per heavy atom.